The summed E-state index contributed by atoms with van der Waals surface area (Å²) in [7, 11) is 0. The third-order valence-electron chi connectivity index (χ3n) is 4.33. The average molecular weight is 396 g/mol. The summed E-state index contributed by atoms with van der Waals surface area (Å²) in [5.74, 6) is -6.46. The predicted molar refractivity (Wildman–Crippen MR) is 87.3 cm³/mol. The summed E-state index contributed by atoms with van der Waals surface area (Å²) < 4.78 is 76.6. The summed E-state index contributed by atoms with van der Waals surface area (Å²) >= 11 is 0. The molecule has 1 saturated heterocycles. The molecule has 5 nitrogen and oxygen atoms in total. The van der Waals surface area contributed by atoms with Crippen molar-refractivity contribution in [2.75, 3.05) is 25.4 Å². The zero-order chi connectivity index (χ0) is 20.5. The monoisotopic (exact) mass is 396 g/mol. The van der Waals surface area contributed by atoms with Gasteiger partial charge in [0.05, 0.1) is 5.56 Å². The molecule has 1 atom stereocenters. The number of alkyl halides is 5. The fourth-order valence-corrected chi connectivity index (χ4v) is 2.97. The lowest BCUT2D eigenvalue weighted by Gasteiger charge is -2.37. The largest absolute Gasteiger partial charge is 0.487 e. The second-order valence-electron chi connectivity index (χ2n) is 6.58. The molecule has 1 aliphatic rings. The summed E-state index contributed by atoms with van der Waals surface area (Å²) in [4.78, 5) is 13.2. The Balaban J connectivity index is 2.32. The van der Waals surface area contributed by atoms with Gasteiger partial charge < -0.3 is 15.2 Å². The van der Waals surface area contributed by atoms with Crippen molar-refractivity contribution in [2.45, 2.75) is 44.5 Å². The third-order valence-corrected chi connectivity index (χ3v) is 4.33. The molecule has 0 saturated carbocycles. The molecule has 2 rings (SSSR count). The zero-order valence-electron chi connectivity index (χ0n) is 14.9. The van der Waals surface area contributed by atoms with E-state index in [2.05, 4.69) is 0 Å². The Bertz CT molecular complexity index is 690. The number of ether oxygens (including phenoxy) is 2. The molecule has 0 radical (unpaired) electrons. The van der Waals surface area contributed by atoms with E-state index in [4.69, 9.17) is 15.2 Å². The molecule has 0 aliphatic carbocycles. The molecule has 1 aromatic carbocycles. The van der Waals surface area contributed by atoms with Crippen LogP contribution in [0.3, 0.4) is 0 Å². The molecule has 27 heavy (non-hydrogen) atoms. The first-order chi connectivity index (χ1) is 12.4. The van der Waals surface area contributed by atoms with Crippen LogP contribution < -0.4 is 10.5 Å². The molecule has 0 aromatic heterocycles. The minimum absolute atomic E-state index is 0.0397. The highest BCUT2D eigenvalue weighted by Crippen LogP contribution is 2.47. The van der Waals surface area contributed by atoms with E-state index in [0.717, 1.165) is 25.0 Å². The minimum Gasteiger partial charge on any atom is -0.487 e. The molecule has 0 spiro atoms. The zero-order valence-corrected chi connectivity index (χ0v) is 14.9. The van der Waals surface area contributed by atoms with Gasteiger partial charge in [-0.1, -0.05) is 0 Å². The molecule has 1 aliphatic heterocycles. The Morgan fingerprint density at radius 2 is 1.78 bits per heavy atom. The molecule has 1 unspecified atom stereocenters. The number of carbonyl (C=O) groups is 1. The fraction of sp³-hybridized carbons (Fsp3) is 0.588. The van der Waals surface area contributed by atoms with E-state index >= 15 is 0 Å². The van der Waals surface area contributed by atoms with Gasteiger partial charge in [-0.05, 0) is 31.9 Å². The lowest BCUT2D eigenvalue weighted by Crippen LogP contribution is -2.52. The Morgan fingerprint density at radius 1 is 1.19 bits per heavy atom. The van der Waals surface area contributed by atoms with Crippen molar-refractivity contribution < 1.29 is 36.2 Å². The van der Waals surface area contributed by atoms with Crippen LogP contribution in [0.4, 0.5) is 27.6 Å². The van der Waals surface area contributed by atoms with Gasteiger partial charge in [-0.2, -0.15) is 22.0 Å². The number of esters is 1. The summed E-state index contributed by atoms with van der Waals surface area (Å²) in [5.41, 5.74) is 2.82. The van der Waals surface area contributed by atoms with Gasteiger partial charge in [0.2, 0.25) is 0 Å². The smallest absolute Gasteiger partial charge is 0.458 e. The van der Waals surface area contributed by atoms with Crippen LogP contribution >= 0.6 is 0 Å². The molecule has 1 heterocycles. The van der Waals surface area contributed by atoms with Gasteiger partial charge in [0, 0.05) is 31.8 Å². The summed E-state index contributed by atoms with van der Waals surface area (Å²) in [6.45, 7) is 3.42. The van der Waals surface area contributed by atoms with Crippen molar-refractivity contribution in [3.63, 3.8) is 0 Å². The first kappa shape index (κ1) is 21.2. The number of nitrogen functional groups attached to an aromatic ring is 1. The molecular formula is C17H21F5N2O3. The van der Waals surface area contributed by atoms with E-state index in [0.29, 0.717) is 19.2 Å². The van der Waals surface area contributed by atoms with Crippen LogP contribution in [0.1, 0.15) is 32.3 Å². The van der Waals surface area contributed by atoms with Crippen LogP contribution in [0.2, 0.25) is 0 Å². The fourth-order valence-electron chi connectivity index (χ4n) is 2.97. The summed E-state index contributed by atoms with van der Waals surface area (Å²) in [6, 6.07) is 2.41. The lowest BCUT2D eigenvalue weighted by molar-refractivity contribution is -0.289. The molecule has 1 aromatic rings. The van der Waals surface area contributed by atoms with Crippen LogP contribution in [0, 0.1) is 0 Å². The number of anilines is 1. The van der Waals surface area contributed by atoms with Gasteiger partial charge in [-0.3, -0.25) is 9.69 Å². The average Bonchev–Trinajstić information content (AvgIpc) is 3.06. The van der Waals surface area contributed by atoms with Crippen molar-refractivity contribution >= 4 is 11.7 Å². The predicted octanol–water partition coefficient (Wildman–Crippen LogP) is 3.68. The van der Waals surface area contributed by atoms with Crippen molar-refractivity contribution in [3.8, 4) is 5.75 Å². The highest BCUT2D eigenvalue weighted by atomic mass is 19.4. The Labute approximate surface area is 153 Å². The standard InChI is InChI=1S/C17H21F5N2O3/c1-11(25)27-15(2,24-7-3-4-8-24)10-26-14-9-12(23)5-6-13(14)16(18,19)17(20,21)22/h5-6,9H,3-4,7-8,10,23H2,1-2H3. The normalized spacial score (nSPS) is 18.2. The first-order valence-corrected chi connectivity index (χ1v) is 8.29. The maximum atomic E-state index is 13.8. The Hall–Kier alpha value is -2.10. The molecule has 2 N–H and O–H groups in total. The summed E-state index contributed by atoms with van der Waals surface area (Å²) in [5, 5.41) is 0. The number of halogens is 5. The second kappa shape index (κ2) is 7.49. The SMILES string of the molecule is CC(=O)OC(C)(COc1cc(N)ccc1C(F)(F)C(F)(F)F)N1CCCC1. The van der Waals surface area contributed by atoms with Gasteiger partial charge in [0.1, 0.15) is 12.4 Å². The van der Waals surface area contributed by atoms with E-state index in [1.54, 1.807) is 4.90 Å². The molecule has 0 amide bonds. The number of benzene rings is 1. The van der Waals surface area contributed by atoms with Crippen LogP contribution in [-0.2, 0) is 15.5 Å². The van der Waals surface area contributed by atoms with Gasteiger partial charge in [0.25, 0.3) is 0 Å². The molecule has 1 fully saturated rings. The molecular weight excluding hydrogens is 375 g/mol. The maximum Gasteiger partial charge on any atom is 0.458 e. The van der Waals surface area contributed by atoms with Crippen LogP contribution in [0.5, 0.6) is 5.75 Å². The van der Waals surface area contributed by atoms with Gasteiger partial charge in [-0.15, -0.1) is 0 Å². The Morgan fingerprint density at radius 3 is 2.30 bits per heavy atom. The van der Waals surface area contributed by atoms with Gasteiger partial charge in [-0.25, -0.2) is 0 Å². The van der Waals surface area contributed by atoms with E-state index < -0.39 is 41.7 Å². The van der Waals surface area contributed by atoms with E-state index in [9.17, 15) is 26.7 Å². The lowest BCUT2D eigenvalue weighted by atomic mass is 10.1. The quantitative estimate of drug-likeness (QED) is 0.452. The van der Waals surface area contributed by atoms with Crippen LogP contribution in [0.15, 0.2) is 18.2 Å². The minimum atomic E-state index is -5.80. The second-order valence-corrected chi connectivity index (χ2v) is 6.58. The van der Waals surface area contributed by atoms with Crippen molar-refractivity contribution in [1.82, 2.24) is 4.90 Å². The number of nitrogens with two attached hydrogens (primary N) is 1. The number of carbonyl (C=O) groups excluding carboxylic acids is 1. The molecule has 10 heteroatoms. The van der Waals surface area contributed by atoms with Crippen molar-refractivity contribution in [3.05, 3.63) is 23.8 Å². The Kier molecular flexibility index (Phi) is 5.88. The summed E-state index contributed by atoms with van der Waals surface area (Å²) in [6.07, 6.45) is -4.12. The van der Waals surface area contributed by atoms with Crippen LogP contribution in [0.25, 0.3) is 0 Å². The molecule has 152 valence electrons. The van der Waals surface area contributed by atoms with Gasteiger partial charge >= 0.3 is 18.1 Å². The van der Waals surface area contributed by atoms with Crippen molar-refractivity contribution in [1.29, 1.82) is 0 Å². The van der Waals surface area contributed by atoms with Crippen molar-refractivity contribution in [2.24, 2.45) is 0 Å². The number of hydrogen-bond donors (Lipinski definition) is 1. The first-order valence-electron chi connectivity index (χ1n) is 8.29. The third kappa shape index (κ3) is 4.60. The number of likely N-dealkylation sites (tertiary alicyclic amines) is 1. The van der Waals surface area contributed by atoms with E-state index in [-0.39, 0.29) is 5.69 Å². The van der Waals surface area contributed by atoms with Crippen LogP contribution in [-0.4, -0.2) is 42.5 Å². The number of nitrogens with zero attached hydrogens (tertiary/aromatic N) is 1. The van der Waals surface area contributed by atoms with E-state index in [1.165, 1.54) is 13.8 Å². The number of hydrogen-bond acceptors (Lipinski definition) is 5. The molecule has 0 bridgehead atoms. The highest BCUT2D eigenvalue weighted by molar-refractivity contribution is 5.66. The highest BCUT2D eigenvalue weighted by Gasteiger charge is 2.60. The maximum absolute atomic E-state index is 13.8. The van der Waals surface area contributed by atoms with Gasteiger partial charge in [0.15, 0.2) is 5.72 Å². The number of rotatable bonds is 6. The topological polar surface area (TPSA) is 64.8 Å². The van der Waals surface area contributed by atoms with E-state index in [1.807, 2.05) is 0 Å².